The Kier molecular flexibility index (Phi) is 3.66. The van der Waals surface area contributed by atoms with Crippen molar-refractivity contribution in [2.45, 2.75) is 25.3 Å². The molecule has 6 heteroatoms. The monoisotopic (exact) mass is 187 g/mol. The molecule has 0 aromatic rings. The summed E-state index contributed by atoms with van der Waals surface area (Å²) in [6.45, 7) is 0.502. The van der Waals surface area contributed by atoms with Crippen LogP contribution in [0.2, 0.25) is 0 Å². The zero-order valence-electron chi connectivity index (χ0n) is 7.17. The number of amides is 3. The first kappa shape index (κ1) is 9.94. The van der Waals surface area contributed by atoms with Crippen LogP contribution in [0.25, 0.3) is 0 Å². The number of imide groups is 1. The van der Waals surface area contributed by atoms with Gasteiger partial charge in [0.25, 0.3) is 5.91 Å². The fraction of sp³-hybridized carbons (Fsp3) is 0.714. The number of carbonyl (C=O) groups is 2. The van der Waals surface area contributed by atoms with E-state index in [0.29, 0.717) is 13.0 Å². The molecule has 0 saturated carbocycles. The zero-order valence-corrected chi connectivity index (χ0v) is 7.17. The minimum Gasteiger partial charge on any atom is -0.326 e. The molecule has 1 unspecified atom stereocenters. The third-order valence-corrected chi connectivity index (χ3v) is 1.89. The third kappa shape index (κ3) is 3.00. The summed E-state index contributed by atoms with van der Waals surface area (Å²) in [6, 6.07) is -0.818. The summed E-state index contributed by atoms with van der Waals surface area (Å²) in [5.74, 6) is -0.262. The van der Waals surface area contributed by atoms with Crippen LogP contribution in [0.1, 0.15) is 19.3 Å². The molecule has 0 aliphatic carbocycles. The third-order valence-electron chi connectivity index (χ3n) is 1.89. The summed E-state index contributed by atoms with van der Waals surface area (Å²) in [6.07, 6.45) is 2.17. The Morgan fingerprint density at radius 3 is 2.69 bits per heavy atom. The summed E-state index contributed by atoms with van der Waals surface area (Å²) >= 11 is 0. The Morgan fingerprint density at radius 1 is 1.38 bits per heavy atom. The van der Waals surface area contributed by atoms with E-state index in [4.69, 9.17) is 5.21 Å². The van der Waals surface area contributed by atoms with Crippen LogP contribution in [0, 0.1) is 0 Å². The number of rotatable bonds is 5. The van der Waals surface area contributed by atoms with E-state index in [1.165, 1.54) is 0 Å². The van der Waals surface area contributed by atoms with E-state index in [-0.39, 0.29) is 5.91 Å². The highest BCUT2D eigenvalue weighted by Crippen LogP contribution is 2.04. The van der Waals surface area contributed by atoms with E-state index < -0.39 is 12.1 Å². The van der Waals surface area contributed by atoms with Crippen molar-refractivity contribution in [3.8, 4) is 0 Å². The maximum Gasteiger partial charge on any atom is 0.322 e. The van der Waals surface area contributed by atoms with Gasteiger partial charge in [-0.3, -0.25) is 10.1 Å². The molecule has 0 bridgehead atoms. The Morgan fingerprint density at radius 2 is 2.15 bits per heavy atom. The fourth-order valence-corrected chi connectivity index (χ4v) is 1.21. The molecule has 4 N–H and O–H groups in total. The van der Waals surface area contributed by atoms with Gasteiger partial charge >= 0.3 is 6.03 Å². The van der Waals surface area contributed by atoms with Crippen molar-refractivity contribution in [1.29, 1.82) is 0 Å². The van der Waals surface area contributed by atoms with Crippen LogP contribution < -0.4 is 16.1 Å². The first-order chi connectivity index (χ1) is 6.24. The number of hydrogen-bond acceptors (Lipinski definition) is 4. The van der Waals surface area contributed by atoms with Crippen LogP contribution in [-0.4, -0.2) is 29.7 Å². The average molecular weight is 187 g/mol. The second kappa shape index (κ2) is 4.78. The molecule has 1 saturated heterocycles. The van der Waals surface area contributed by atoms with Gasteiger partial charge in [0.1, 0.15) is 6.04 Å². The first-order valence-electron chi connectivity index (χ1n) is 4.22. The van der Waals surface area contributed by atoms with Crippen molar-refractivity contribution in [2.75, 3.05) is 6.54 Å². The van der Waals surface area contributed by atoms with Crippen molar-refractivity contribution < 1.29 is 14.8 Å². The van der Waals surface area contributed by atoms with Crippen LogP contribution in [0.3, 0.4) is 0 Å². The lowest BCUT2D eigenvalue weighted by Gasteiger charge is -2.05. The van der Waals surface area contributed by atoms with Gasteiger partial charge in [0, 0.05) is 6.54 Å². The molecule has 0 aromatic heterocycles. The van der Waals surface area contributed by atoms with Gasteiger partial charge in [-0.15, -0.1) is 0 Å². The quantitative estimate of drug-likeness (QED) is 0.261. The van der Waals surface area contributed by atoms with E-state index in [1.807, 2.05) is 5.48 Å². The normalized spacial score (nSPS) is 21.5. The second-order valence-electron chi connectivity index (χ2n) is 2.92. The largest absolute Gasteiger partial charge is 0.326 e. The van der Waals surface area contributed by atoms with E-state index in [9.17, 15) is 9.59 Å². The van der Waals surface area contributed by atoms with Gasteiger partial charge in [0.05, 0.1) is 0 Å². The smallest absolute Gasteiger partial charge is 0.322 e. The Labute approximate surface area is 75.6 Å². The maximum absolute atomic E-state index is 11.0. The molecular weight excluding hydrogens is 174 g/mol. The maximum atomic E-state index is 11.0. The summed E-state index contributed by atoms with van der Waals surface area (Å²) in [5.41, 5.74) is 2.03. The number of hydrogen-bond donors (Lipinski definition) is 4. The zero-order chi connectivity index (χ0) is 9.68. The lowest BCUT2D eigenvalue weighted by molar-refractivity contribution is -0.120. The topological polar surface area (TPSA) is 90.5 Å². The molecule has 13 heavy (non-hydrogen) atoms. The molecule has 1 atom stereocenters. The Balaban J connectivity index is 2.14. The summed E-state index contributed by atoms with van der Waals surface area (Å²) in [7, 11) is 0. The Hall–Kier alpha value is -1.14. The number of carbonyl (C=O) groups excluding carboxylic acids is 2. The van der Waals surface area contributed by atoms with Crippen LogP contribution in [-0.2, 0) is 4.79 Å². The number of hydroxylamine groups is 1. The SMILES string of the molecule is O=C1NC(=O)C(CCCCNO)N1. The summed E-state index contributed by atoms with van der Waals surface area (Å²) in [4.78, 5) is 21.6. The van der Waals surface area contributed by atoms with Gasteiger partial charge in [-0.2, -0.15) is 0 Å². The second-order valence-corrected chi connectivity index (χ2v) is 2.92. The molecule has 1 fully saturated rings. The lowest BCUT2D eigenvalue weighted by Crippen LogP contribution is -2.28. The molecule has 0 aromatic carbocycles. The van der Waals surface area contributed by atoms with Gasteiger partial charge in [-0.25, -0.2) is 10.3 Å². The lowest BCUT2D eigenvalue weighted by atomic mass is 10.1. The predicted molar refractivity (Wildman–Crippen MR) is 44.1 cm³/mol. The first-order valence-corrected chi connectivity index (χ1v) is 4.22. The summed E-state index contributed by atoms with van der Waals surface area (Å²) in [5, 5.41) is 12.9. The van der Waals surface area contributed by atoms with Crippen molar-refractivity contribution in [1.82, 2.24) is 16.1 Å². The molecule has 74 valence electrons. The highest BCUT2D eigenvalue weighted by molar-refractivity contribution is 6.04. The van der Waals surface area contributed by atoms with Gasteiger partial charge in [0.2, 0.25) is 0 Å². The molecular formula is C7H13N3O3. The minimum atomic E-state index is -0.421. The molecule has 1 aliphatic heterocycles. The van der Waals surface area contributed by atoms with Crippen LogP contribution >= 0.6 is 0 Å². The van der Waals surface area contributed by atoms with Crippen LogP contribution in [0.15, 0.2) is 0 Å². The van der Waals surface area contributed by atoms with Gasteiger partial charge in [0.15, 0.2) is 0 Å². The molecule has 0 radical (unpaired) electrons. The highest BCUT2D eigenvalue weighted by atomic mass is 16.5. The van der Waals surface area contributed by atoms with Gasteiger partial charge in [-0.1, -0.05) is 0 Å². The number of urea groups is 1. The minimum absolute atomic E-state index is 0.262. The van der Waals surface area contributed by atoms with Crippen molar-refractivity contribution in [3.63, 3.8) is 0 Å². The van der Waals surface area contributed by atoms with Crippen molar-refractivity contribution in [3.05, 3.63) is 0 Å². The standard InChI is InChI=1S/C7H13N3O3/c11-6-5(9-7(12)10-6)3-1-2-4-8-13/h5,8,13H,1-4H2,(H2,9,10,11,12). The van der Waals surface area contributed by atoms with E-state index in [2.05, 4.69) is 10.6 Å². The van der Waals surface area contributed by atoms with E-state index in [1.54, 1.807) is 0 Å². The highest BCUT2D eigenvalue weighted by Gasteiger charge is 2.28. The summed E-state index contributed by atoms with van der Waals surface area (Å²) < 4.78 is 0. The average Bonchev–Trinajstić information content (AvgIpc) is 2.39. The molecule has 6 nitrogen and oxygen atoms in total. The van der Waals surface area contributed by atoms with Crippen LogP contribution in [0.5, 0.6) is 0 Å². The number of nitrogens with one attached hydrogen (secondary N) is 3. The number of unbranched alkanes of at least 4 members (excludes halogenated alkanes) is 1. The molecule has 3 amide bonds. The van der Waals surface area contributed by atoms with Crippen LogP contribution in [0.4, 0.5) is 4.79 Å². The Bertz CT molecular complexity index is 207. The molecule has 1 heterocycles. The molecule has 1 aliphatic rings. The van der Waals surface area contributed by atoms with Gasteiger partial charge < -0.3 is 10.5 Å². The predicted octanol–water partition coefficient (Wildman–Crippen LogP) is -0.656. The van der Waals surface area contributed by atoms with Crippen molar-refractivity contribution in [2.24, 2.45) is 0 Å². The molecule has 1 rings (SSSR count). The molecule has 0 spiro atoms. The fourth-order valence-electron chi connectivity index (χ4n) is 1.21. The van der Waals surface area contributed by atoms with Crippen molar-refractivity contribution >= 4 is 11.9 Å². The van der Waals surface area contributed by atoms with Gasteiger partial charge in [-0.05, 0) is 19.3 Å². The van der Waals surface area contributed by atoms with E-state index >= 15 is 0 Å². The van der Waals surface area contributed by atoms with E-state index in [0.717, 1.165) is 12.8 Å².